The summed E-state index contributed by atoms with van der Waals surface area (Å²) in [4.78, 5) is 29.4. The van der Waals surface area contributed by atoms with Crippen LogP contribution in [0.15, 0.2) is 47.4 Å². The summed E-state index contributed by atoms with van der Waals surface area (Å²) in [5.74, 6) is -1.51. The minimum absolute atomic E-state index is 0.179. The molecule has 13 heteroatoms. The number of aromatic nitrogens is 1. The number of H-pyrrole nitrogens is 1. The van der Waals surface area contributed by atoms with E-state index in [1.807, 2.05) is 0 Å². The van der Waals surface area contributed by atoms with E-state index in [1.54, 1.807) is 30.3 Å². The molecule has 0 aliphatic carbocycles. The number of hydrogen-bond acceptors (Lipinski definition) is 8. The Morgan fingerprint density at radius 2 is 2.03 bits per heavy atom. The number of nitrogens with zero attached hydrogens (tertiary/aromatic N) is 1. The van der Waals surface area contributed by atoms with Gasteiger partial charge in [0.1, 0.15) is 5.69 Å². The molecule has 0 spiro atoms. The SMILES string of the molecule is CC(=O)C(O)(c1cc[nH]c(=O)c1NS(=O)(=O)Cc1ccccc1)[C@@H](N)CN(C(=N)N)C1CCCNC1. The van der Waals surface area contributed by atoms with Crippen LogP contribution in [0.2, 0.25) is 0 Å². The lowest BCUT2D eigenvalue weighted by Gasteiger charge is -2.40. The van der Waals surface area contributed by atoms with Crippen LogP contribution in [0.1, 0.15) is 30.9 Å². The molecule has 0 saturated carbocycles. The summed E-state index contributed by atoms with van der Waals surface area (Å²) in [7, 11) is -4.10. The molecule has 196 valence electrons. The van der Waals surface area contributed by atoms with E-state index in [0.29, 0.717) is 12.1 Å². The summed E-state index contributed by atoms with van der Waals surface area (Å²) in [5, 5.41) is 22.9. The molecule has 3 atom stereocenters. The number of carbonyl (C=O) groups excluding carboxylic acids is 1. The summed E-state index contributed by atoms with van der Waals surface area (Å²) in [5.41, 5.74) is 8.55. The number of Topliss-reactive ketones (excluding diaryl/α,β-unsaturated/α-hetero) is 1. The fourth-order valence-electron chi connectivity index (χ4n) is 4.42. The lowest BCUT2D eigenvalue weighted by atomic mass is 9.82. The van der Waals surface area contributed by atoms with Crippen LogP contribution < -0.4 is 27.1 Å². The normalized spacial score (nSPS) is 18.6. The largest absolute Gasteiger partial charge is 0.376 e. The Bertz CT molecular complexity index is 1240. The van der Waals surface area contributed by atoms with E-state index in [4.69, 9.17) is 16.9 Å². The molecule has 1 aromatic carbocycles. The smallest absolute Gasteiger partial charge is 0.272 e. The number of piperidine rings is 1. The minimum Gasteiger partial charge on any atom is -0.376 e. The van der Waals surface area contributed by atoms with E-state index in [9.17, 15) is 23.1 Å². The van der Waals surface area contributed by atoms with Crippen LogP contribution in [0, 0.1) is 5.41 Å². The molecule has 9 N–H and O–H groups in total. The van der Waals surface area contributed by atoms with Crippen molar-refractivity contribution >= 4 is 27.5 Å². The lowest BCUT2D eigenvalue weighted by Crippen LogP contribution is -2.61. The van der Waals surface area contributed by atoms with E-state index in [1.165, 1.54) is 17.2 Å². The van der Waals surface area contributed by atoms with Crippen molar-refractivity contribution in [1.29, 1.82) is 5.41 Å². The Labute approximate surface area is 209 Å². The van der Waals surface area contributed by atoms with Crippen molar-refractivity contribution in [3.05, 3.63) is 64.1 Å². The van der Waals surface area contributed by atoms with Crippen molar-refractivity contribution < 1.29 is 18.3 Å². The highest BCUT2D eigenvalue weighted by Gasteiger charge is 2.45. The van der Waals surface area contributed by atoms with Gasteiger partial charge in [-0.3, -0.25) is 19.7 Å². The molecule has 1 aromatic heterocycles. The van der Waals surface area contributed by atoms with Gasteiger partial charge in [-0.1, -0.05) is 30.3 Å². The van der Waals surface area contributed by atoms with Crippen LogP contribution in [0.5, 0.6) is 0 Å². The van der Waals surface area contributed by atoms with Crippen LogP contribution in [0.3, 0.4) is 0 Å². The number of benzene rings is 1. The first-order chi connectivity index (χ1) is 17.0. The van der Waals surface area contributed by atoms with Crippen LogP contribution in [-0.2, 0) is 26.2 Å². The van der Waals surface area contributed by atoms with Gasteiger partial charge in [0.25, 0.3) is 5.56 Å². The zero-order valence-electron chi connectivity index (χ0n) is 20.0. The van der Waals surface area contributed by atoms with Crippen molar-refractivity contribution in [2.24, 2.45) is 11.5 Å². The van der Waals surface area contributed by atoms with Crippen molar-refractivity contribution in [3.8, 4) is 0 Å². The van der Waals surface area contributed by atoms with Gasteiger partial charge < -0.3 is 31.8 Å². The Morgan fingerprint density at radius 1 is 1.33 bits per heavy atom. The second-order valence-corrected chi connectivity index (χ2v) is 10.6. The number of nitrogens with one attached hydrogen (secondary N) is 4. The maximum Gasteiger partial charge on any atom is 0.272 e. The summed E-state index contributed by atoms with van der Waals surface area (Å²) in [6.45, 7) is 2.29. The van der Waals surface area contributed by atoms with Crippen molar-refractivity contribution in [2.75, 3.05) is 24.4 Å². The predicted octanol–water partition coefficient (Wildman–Crippen LogP) is -0.632. The molecule has 2 unspecified atom stereocenters. The number of rotatable bonds is 10. The van der Waals surface area contributed by atoms with Gasteiger partial charge in [-0.25, -0.2) is 8.42 Å². The molecule has 0 bridgehead atoms. The number of aliphatic hydroxyl groups is 1. The van der Waals surface area contributed by atoms with E-state index >= 15 is 0 Å². The molecule has 0 amide bonds. The summed E-state index contributed by atoms with van der Waals surface area (Å²) >= 11 is 0. The Hall–Kier alpha value is -3.26. The maximum atomic E-state index is 12.9. The lowest BCUT2D eigenvalue weighted by molar-refractivity contribution is -0.138. The molecule has 3 rings (SSSR count). The number of sulfonamides is 1. The molecule has 1 saturated heterocycles. The molecule has 1 fully saturated rings. The molecule has 1 aliphatic rings. The summed E-state index contributed by atoms with van der Waals surface area (Å²) in [6, 6.07) is 8.06. The highest BCUT2D eigenvalue weighted by atomic mass is 32.2. The van der Waals surface area contributed by atoms with E-state index in [0.717, 1.165) is 26.3 Å². The first kappa shape index (κ1) is 27.3. The molecule has 12 nitrogen and oxygen atoms in total. The predicted molar refractivity (Wildman–Crippen MR) is 137 cm³/mol. The van der Waals surface area contributed by atoms with E-state index in [-0.39, 0.29) is 24.1 Å². The van der Waals surface area contributed by atoms with Gasteiger partial charge in [-0.05, 0) is 37.9 Å². The van der Waals surface area contributed by atoms with Gasteiger partial charge in [-0.2, -0.15) is 0 Å². The number of aromatic amines is 1. The molecule has 1 aliphatic heterocycles. The topological polar surface area (TPSA) is 207 Å². The van der Waals surface area contributed by atoms with Gasteiger partial charge in [-0.15, -0.1) is 0 Å². The average Bonchev–Trinajstić information content (AvgIpc) is 2.83. The third-order valence-corrected chi connectivity index (χ3v) is 7.54. The third kappa shape index (κ3) is 6.10. The molecule has 36 heavy (non-hydrogen) atoms. The number of carbonyl (C=O) groups is 1. The van der Waals surface area contributed by atoms with Crippen molar-refractivity contribution in [1.82, 2.24) is 15.2 Å². The van der Waals surface area contributed by atoms with E-state index in [2.05, 4.69) is 15.0 Å². The Kier molecular flexibility index (Phi) is 8.51. The monoisotopic (exact) mass is 519 g/mol. The summed E-state index contributed by atoms with van der Waals surface area (Å²) in [6.07, 6.45) is 2.77. The molecule has 0 radical (unpaired) electrons. The fraction of sp³-hybridized carbons (Fsp3) is 0.435. The summed E-state index contributed by atoms with van der Waals surface area (Å²) < 4.78 is 28.0. The zero-order valence-corrected chi connectivity index (χ0v) is 20.8. The highest BCUT2D eigenvalue weighted by molar-refractivity contribution is 7.91. The maximum absolute atomic E-state index is 12.9. The van der Waals surface area contributed by atoms with Crippen LogP contribution in [-0.4, -0.2) is 66.9 Å². The van der Waals surface area contributed by atoms with Crippen LogP contribution in [0.25, 0.3) is 0 Å². The quantitative estimate of drug-likeness (QED) is 0.157. The standard InChI is InChI=1S/C23H33N7O5S/c1-15(31)23(33,19(24)13-30(22(25)26)17-8-5-10-27-12-17)18-9-11-28-21(32)20(18)29-36(34,35)14-16-6-3-2-4-7-16/h2-4,6-7,9,11,17,19,27,29,33H,5,8,10,12-14,24H2,1H3,(H3,25,26)(H,28,32)/t17?,19-,23?/m0/s1. The Morgan fingerprint density at radius 3 is 2.61 bits per heavy atom. The number of guanidine groups is 1. The Balaban J connectivity index is 1.98. The first-order valence-electron chi connectivity index (χ1n) is 11.5. The number of anilines is 1. The number of hydrogen-bond donors (Lipinski definition) is 7. The van der Waals surface area contributed by atoms with Crippen molar-refractivity contribution in [3.63, 3.8) is 0 Å². The van der Waals surface area contributed by atoms with Gasteiger partial charge in [0.15, 0.2) is 17.3 Å². The molecule has 2 heterocycles. The second-order valence-electron chi connectivity index (χ2n) is 8.91. The van der Waals surface area contributed by atoms with Gasteiger partial charge >= 0.3 is 0 Å². The second kappa shape index (κ2) is 11.2. The van der Waals surface area contributed by atoms with Crippen LogP contribution in [0.4, 0.5) is 5.69 Å². The minimum atomic E-state index is -4.10. The van der Waals surface area contributed by atoms with Gasteiger partial charge in [0.05, 0.1) is 11.8 Å². The molecule has 2 aromatic rings. The molecular formula is C23H33N7O5S. The van der Waals surface area contributed by atoms with Crippen molar-refractivity contribution in [2.45, 2.75) is 43.2 Å². The highest BCUT2D eigenvalue weighted by Crippen LogP contribution is 2.31. The zero-order chi connectivity index (χ0) is 26.5. The average molecular weight is 520 g/mol. The first-order valence-corrected chi connectivity index (χ1v) is 13.2. The van der Waals surface area contributed by atoms with Crippen LogP contribution >= 0.6 is 0 Å². The fourth-order valence-corrected chi connectivity index (χ4v) is 5.64. The van der Waals surface area contributed by atoms with Gasteiger partial charge in [0.2, 0.25) is 10.0 Å². The molecular weight excluding hydrogens is 486 g/mol. The number of nitrogens with two attached hydrogens (primary N) is 2. The number of ketones is 1. The third-order valence-electron chi connectivity index (χ3n) is 6.32. The van der Waals surface area contributed by atoms with E-state index < -0.39 is 44.4 Å². The number of pyridine rings is 1. The van der Waals surface area contributed by atoms with Gasteiger partial charge in [0, 0.05) is 30.9 Å².